The van der Waals surface area contributed by atoms with Crippen molar-refractivity contribution < 1.29 is 0 Å². The second kappa shape index (κ2) is 9.80. The number of aromatic nitrogens is 5. The van der Waals surface area contributed by atoms with E-state index in [1.807, 2.05) is 97.3 Å². The number of nitrogens with zero attached hydrogens (tertiary/aromatic N) is 5. The van der Waals surface area contributed by atoms with Crippen LogP contribution in [0.5, 0.6) is 0 Å². The van der Waals surface area contributed by atoms with Crippen LogP contribution >= 0.6 is 0 Å². The summed E-state index contributed by atoms with van der Waals surface area (Å²) < 4.78 is 2.12. The summed E-state index contributed by atoms with van der Waals surface area (Å²) >= 11 is 0. The SMILES string of the molecule is c1ccc(-c2nc(-c3ccccc3)nc(-c3ccccc3-c3ccccc3-c3cnc4ccccn34)n2)cc1. The third-order valence-electron chi connectivity index (χ3n) is 6.78. The van der Waals surface area contributed by atoms with Crippen LogP contribution in [0.3, 0.4) is 0 Å². The number of imidazole rings is 1. The van der Waals surface area contributed by atoms with E-state index in [-0.39, 0.29) is 0 Å². The fourth-order valence-electron chi connectivity index (χ4n) is 4.92. The Balaban J connectivity index is 1.45. The highest BCUT2D eigenvalue weighted by atomic mass is 15.0. The van der Waals surface area contributed by atoms with Crippen molar-refractivity contribution in [3.05, 3.63) is 140 Å². The topological polar surface area (TPSA) is 56.0 Å². The third-order valence-corrected chi connectivity index (χ3v) is 6.78. The molecule has 0 aliphatic carbocycles. The quantitative estimate of drug-likeness (QED) is 0.241. The Kier molecular flexibility index (Phi) is 5.72. The fraction of sp³-hybridized carbons (Fsp3) is 0. The van der Waals surface area contributed by atoms with Gasteiger partial charge in [0.05, 0.1) is 11.9 Å². The minimum atomic E-state index is 0.631. The first kappa shape index (κ1) is 22.8. The van der Waals surface area contributed by atoms with Gasteiger partial charge in [0.2, 0.25) is 0 Å². The molecule has 0 saturated carbocycles. The largest absolute Gasteiger partial charge is 0.300 e. The molecule has 0 spiro atoms. The van der Waals surface area contributed by atoms with Crippen LogP contribution in [0.4, 0.5) is 0 Å². The fourth-order valence-corrected chi connectivity index (χ4v) is 4.92. The van der Waals surface area contributed by atoms with E-state index in [9.17, 15) is 0 Å². The van der Waals surface area contributed by atoms with Crippen LogP contribution in [0.15, 0.2) is 140 Å². The molecule has 0 radical (unpaired) electrons. The molecule has 0 aliphatic rings. The number of fused-ring (bicyclic) bond motifs is 1. The minimum Gasteiger partial charge on any atom is -0.300 e. The van der Waals surface area contributed by atoms with Crippen LogP contribution in [-0.4, -0.2) is 24.3 Å². The zero-order chi connectivity index (χ0) is 26.0. The predicted octanol–water partition coefficient (Wildman–Crippen LogP) is 7.85. The molecule has 5 heteroatoms. The zero-order valence-electron chi connectivity index (χ0n) is 21.0. The summed E-state index contributed by atoms with van der Waals surface area (Å²) in [7, 11) is 0. The third kappa shape index (κ3) is 4.26. The highest BCUT2D eigenvalue weighted by molar-refractivity contribution is 5.90. The van der Waals surface area contributed by atoms with Crippen molar-refractivity contribution in [1.29, 1.82) is 0 Å². The predicted molar refractivity (Wildman–Crippen MR) is 156 cm³/mol. The molecular formula is C34H23N5. The Bertz CT molecular complexity index is 1850. The summed E-state index contributed by atoms with van der Waals surface area (Å²) in [6, 6.07) is 42.9. The van der Waals surface area contributed by atoms with E-state index in [0.717, 1.165) is 44.7 Å². The molecule has 184 valence electrons. The van der Waals surface area contributed by atoms with Crippen molar-refractivity contribution in [2.75, 3.05) is 0 Å². The Morgan fingerprint density at radius 2 is 0.897 bits per heavy atom. The summed E-state index contributed by atoms with van der Waals surface area (Å²) in [6.45, 7) is 0. The van der Waals surface area contributed by atoms with Crippen LogP contribution < -0.4 is 0 Å². The molecule has 0 saturated heterocycles. The zero-order valence-corrected chi connectivity index (χ0v) is 21.0. The minimum absolute atomic E-state index is 0.631. The van der Waals surface area contributed by atoms with Crippen LogP contribution in [-0.2, 0) is 0 Å². The molecule has 7 rings (SSSR count). The van der Waals surface area contributed by atoms with Gasteiger partial charge in [0.25, 0.3) is 0 Å². The van der Waals surface area contributed by atoms with Gasteiger partial charge in [-0.15, -0.1) is 0 Å². The Morgan fingerprint density at radius 3 is 1.54 bits per heavy atom. The lowest BCUT2D eigenvalue weighted by atomic mass is 9.93. The van der Waals surface area contributed by atoms with E-state index in [1.54, 1.807) is 0 Å². The number of hydrogen-bond acceptors (Lipinski definition) is 4. The number of hydrogen-bond donors (Lipinski definition) is 0. The molecule has 0 fully saturated rings. The lowest BCUT2D eigenvalue weighted by Crippen LogP contribution is -2.01. The van der Waals surface area contributed by atoms with Gasteiger partial charge in [-0.1, -0.05) is 115 Å². The second-order valence-corrected chi connectivity index (χ2v) is 9.20. The summed E-state index contributed by atoms with van der Waals surface area (Å²) in [5, 5.41) is 0. The molecule has 39 heavy (non-hydrogen) atoms. The number of rotatable bonds is 5. The van der Waals surface area contributed by atoms with E-state index >= 15 is 0 Å². The normalized spacial score (nSPS) is 11.1. The molecule has 7 aromatic rings. The van der Waals surface area contributed by atoms with E-state index in [2.05, 4.69) is 51.8 Å². The standard InChI is InChI=1S/C34H23N5/c1-3-13-24(14-4-1)32-36-33(25-15-5-2-6-16-25)38-34(37-32)29-20-10-8-18-27(29)26-17-7-9-19-28(26)30-23-35-31-21-11-12-22-39(30)31/h1-23H. The van der Waals surface area contributed by atoms with Crippen molar-refractivity contribution in [1.82, 2.24) is 24.3 Å². The van der Waals surface area contributed by atoms with Crippen molar-refractivity contribution in [2.45, 2.75) is 0 Å². The molecule has 4 aromatic carbocycles. The van der Waals surface area contributed by atoms with Gasteiger partial charge in [-0.05, 0) is 23.3 Å². The number of benzene rings is 4. The Hall–Kier alpha value is -5.42. The van der Waals surface area contributed by atoms with Gasteiger partial charge in [0.1, 0.15) is 5.65 Å². The van der Waals surface area contributed by atoms with Crippen molar-refractivity contribution >= 4 is 5.65 Å². The van der Waals surface area contributed by atoms with Gasteiger partial charge in [0, 0.05) is 28.5 Å². The molecule has 5 nitrogen and oxygen atoms in total. The first-order chi connectivity index (χ1) is 19.3. The van der Waals surface area contributed by atoms with Gasteiger partial charge in [0.15, 0.2) is 17.5 Å². The summed E-state index contributed by atoms with van der Waals surface area (Å²) in [4.78, 5) is 19.5. The van der Waals surface area contributed by atoms with Crippen LogP contribution in [0, 0.1) is 0 Å². The van der Waals surface area contributed by atoms with E-state index in [4.69, 9.17) is 15.0 Å². The van der Waals surface area contributed by atoms with Crippen molar-refractivity contribution in [3.63, 3.8) is 0 Å². The summed E-state index contributed by atoms with van der Waals surface area (Å²) in [6.07, 6.45) is 3.98. The van der Waals surface area contributed by atoms with Crippen LogP contribution in [0.1, 0.15) is 0 Å². The second-order valence-electron chi connectivity index (χ2n) is 9.20. The van der Waals surface area contributed by atoms with Gasteiger partial charge in [-0.2, -0.15) is 0 Å². The lowest BCUT2D eigenvalue weighted by molar-refractivity contribution is 1.07. The molecule has 0 unspecified atom stereocenters. The maximum Gasteiger partial charge on any atom is 0.164 e. The molecule has 3 aromatic heterocycles. The molecule has 0 amide bonds. The molecule has 0 atom stereocenters. The highest BCUT2D eigenvalue weighted by Gasteiger charge is 2.18. The Labute approximate surface area is 226 Å². The smallest absolute Gasteiger partial charge is 0.164 e. The lowest BCUT2D eigenvalue weighted by Gasteiger charge is -2.15. The van der Waals surface area contributed by atoms with Crippen LogP contribution in [0.25, 0.3) is 62.2 Å². The molecular weight excluding hydrogens is 478 g/mol. The van der Waals surface area contributed by atoms with Crippen molar-refractivity contribution in [3.8, 4) is 56.5 Å². The monoisotopic (exact) mass is 501 g/mol. The summed E-state index contributed by atoms with van der Waals surface area (Å²) in [5.74, 6) is 1.92. The Morgan fingerprint density at radius 1 is 0.410 bits per heavy atom. The van der Waals surface area contributed by atoms with Crippen LogP contribution in [0.2, 0.25) is 0 Å². The van der Waals surface area contributed by atoms with Gasteiger partial charge < -0.3 is 0 Å². The van der Waals surface area contributed by atoms with Gasteiger partial charge in [-0.3, -0.25) is 4.40 Å². The maximum absolute atomic E-state index is 4.99. The highest BCUT2D eigenvalue weighted by Crippen LogP contribution is 2.38. The average Bonchev–Trinajstić information content (AvgIpc) is 3.46. The first-order valence-electron chi connectivity index (χ1n) is 12.8. The van der Waals surface area contributed by atoms with Crippen molar-refractivity contribution in [2.24, 2.45) is 0 Å². The maximum atomic E-state index is 4.99. The molecule has 0 bridgehead atoms. The molecule has 0 aliphatic heterocycles. The average molecular weight is 502 g/mol. The first-order valence-corrected chi connectivity index (χ1v) is 12.8. The number of pyridine rings is 1. The summed E-state index contributed by atoms with van der Waals surface area (Å²) in [5.41, 5.74) is 7.99. The van der Waals surface area contributed by atoms with Gasteiger partial charge in [-0.25, -0.2) is 19.9 Å². The van der Waals surface area contributed by atoms with E-state index in [0.29, 0.717) is 17.5 Å². The van der Waals surface area contributed by atoms with E-state index < -0.39 is 0 Å². The van der Waals surface area contributed by atoms with Gasteiger partial charge >= 0.3 is 0 Å². The molecule has 0 N–H and O–H groups in total. The molecule has 3 heterocycles. The van der Waals surface area contributed by atoms with E-state index in [1.165, 1.54) is 0 Å².